The average molecular weight is 302 g/mol. The first-order valence-corrected chi connectivity index (χ1v) is 6.03. The zero-order valence-corrected chi connectivity index (χ0v) is 11.7. The van der Waals surface area contributed by atoms with Gasteiger partial charge in [0.05, 0.1) is 10.7 Å². The molecular weight excluding hydrogens is 292 g/mol. The van der Waals surface area contributed by atoms with Crippen molar-refractivity contribution < 1.29 is 4.39 Å². The van der Waals surface area contributed by atoms with Crippen molar-refractivity contribution in [1.82, 2.24) is 15.0 Å². The highest BCUT2D eigenvalue weighted by Crippen LogP contribution is 2.24. The fraction of sp³-hybridized carbons (Fsp3) is 0.182. The molecule has 0 aliphatic carbocycles. The maximum Gasteiger partial charge on any atom is 0.233 e. The molecule has 0 unspecified atom stereocenters. The summed E-state index contributed by atoms with van der Waals surface area (Å²) in [6.07, 6.45) is 0. The fourth-order valence-corrected chi connectivity index (χ4v) is 1.65. The first-order chi connectivity index (χ1) is 8.97. The molecule has 0 aliphatic heterocycles. The molecule has 2 aromatic rings. The van der Waals surface area contributed by atoms with Gasteiger partial charge in [-0.3, -0.25) is 0 Å². The molecule has 1 heterocycles. The SMILES string of the molecule is CN(C)c1nc(Cl)nc(Nc2cccc(Cl)c2F)n1. The van der Waals surface area contributed by atoms with Crippen molar-refractivity contribution in [2.45, 2.75) is 0 Å². The van der Waals surface area contributed by atoms with E-state index in [9.17, 15) is 4.39 Å². The van der Waals surface area contributed by atoms with Crippen LogP contribution in [0.25, 0.3) is 0 Å². The molecule has 0 saturated heterocycles. The lowest BCUT2D eigenvalue weighted by Crippen LogP contribution is -2.14. The lowest BCUT2D eigenvalue weighted by molar-refractivity contribution is 0.632. The van der Waals surface area contributed by atoms with Crippen molar-refractivity contribution in [1.29, 1.82) is 0 Å². The molecule has 0 aliphatic rings. The summed E-state index contributed by atoms with van der Waals surface area (Å²) in [5.41, 5.74) is 0.166. The minimum atomic E-state index is -0.577. The van der Waals surface area contributed by atoms with Crippen molar-refractivity contribution in [2.75, 3.05) is 24.3 Å². The lowest BCUT2D eigenvalue weighted by Gasteiger charge is -2.12. The van der Waals surface area contributed by atoms with E-state index < -0.39 is 5.82 Å². The molecule has 0 atom stereocenters. The summed E-state index contributed by atoms with van der Waals surface area (Å²) < 4.78 is 13.7. The van der Waals surface area contributed by atoms with Crippen molar-refractivity contribution in [3.63, 3.8) is 0 Å². The number of benzene rings is 1. The molecule has 19 heavy (non-hydrogen) atoms. The molecule has 5 nitrogen and oxygen atoms in total. The van der Waals surface area contributed by atoms with Gasteiger partial charge in [-0.15, -0.1) is 0 Å². The molecule has 2 rings (SSSR count). The van der Waals surface area contributed by atoms with Crippen LogP contribution in [-0.2, 0) is 0 Å². The van der Waals surface area contributed by atoms with Crippen LogP contribution < -0.4 is 10.2 Å². The van der Waals surface area contributed by atoms with Crippen molar-refractivity contribution in [3.05, 3.63) is 34.3 Å². The number of anilines is 3. The summed E-state index contributed by atoms with van der Waals surface area (Å²) in [6, 6.07) is 4.59. The summed E-state index contributed by atoms with van der Waals surface area (Å²) in [6.45, 7) is 0. The van der Waals surface area contributed by atoms with E-state index in [1.54, 1.807) is 25.1 Å². The quantitative estimate of drug-likeness (QED) is 0.944. The number of hydrogen-bond acceptors (Lipinski definition) is 5. The maximum atomic E-state index is 13.7. The van der Waals surface area contributed by atoms with Crippen LogP contribution in [0, 0.1) is 5.82 Å². The Morgan fingerprint density at radius 3 is 2.58 bits per heavy atom. The van der Waals surface area contributed by atoms with Gasteiger partial charge in [-0.25, -0.2) is 4.39 Å². The maximum absolute atomic E-state index is 13.7. The summed E-state index contributed by atoms with van der Waals surface area (Å²) in [5.74, 6) is -0.0677. The van der Waals surface area contributed by atoms with Crippen molar-refractivity contribution in [2.24, 2.45) is 0 Å². The van der Waals surface area contributed by atoms with E-state index in [4.69, 9.17) is 23.2 Å². The molecule has 100 valence electrons. The monoisotopic (exact) mass is 301 g/mol. The van der Waals surface area contributed by atoms with Crippen LogP contribution in [0.5, 0.6) is 0 Å². The number of rotatable bonds is 3. The van der Waals surface area contributed by atoms with Gasteiger partial charge in [0, 0.05) is 14.1 Å². The summed E-state index contributed by atoms with van der Waals surface area (Å²) >= 11 is 11.5. The summed E-state index contributed by atoms with van der Waals surface area (Å²) in [7, 11) is 3.52. The lowest BCUT2D eigenvalue weighted by atomic mass is 10.3. The van der Waals surface area contributed by atoms with E-state index in [0.29, 0.717) is 5.95 Å². The number of nitrogens with zero attached hydrogens (tertiary/aromatic N) is 4. The normalized spacial score (nSPS) is 10.4. The number of hydrogen-bond donors (Lipinski definition) is 1. The highest BCUT2D eigenvalue weighted by Gasteiger charge is 2.10. The average Bonchev–Trinajstić information content (AvgIpc) is 2.34. The number of nitrogens with one attached hydrogen (secondary N) is 1. The molecule has 0 amide bonds. The van der Waals surface area contributed by atoms with Crippen LogP contribution >= 0.6 is 23.2 Å². The molecule has 0 spiro atoms. The Labute approximate surface area is 119 Å². The Bertz CT molecular complexity index is 606. The fourth-order valence-electron chi connectivity index (χ4n) is 1.32. The Morgan fingerprint density at radius 2 is 1.89 bits per heavy atom. The molecule has 0 fully saturated rings. The largest absolute Gasteiger partial charge is 0.347 e. The Balaban J connectivity index is 2.35. The van der Waals surface area contributed by atoms with E-state index in [2.05, 4.69) is 20.3 Å². The van der Waals surface area contributed by atoms with E-state index in [1.165, 1.54) is 12.1 Å². The van der Waals surface area contributed by atoms with Gasteiger partial charge in [0.1, 0.15) is 0 Å². The number of halogens is 3. The molecule has 8 heteroatoms. The van der Waals surface area contributed by atoms with Gasteiger partial charge in [0.15, 0.2) is 5.82 Å². The third kappa shape index (κ3) is 3.21. The topological polar surface area (TPSA) is 53.9 Å². The minimum Gasteiger partial charge on any atom is -0.347 e. The second kappa shape index (κ2) is 5.54. The van der Waals surface area contributed by atoms with E-state index in [1.807, 2.05) is 0 Å². The van der Waals surface area contributed by atoms with E-state index in [-0.39, 0.29) is 21.9 Å². The van der Waals surface area contributed by atoms with Gasteiger partial charge in [-0.1, -0.05) is 17.7 Å². The highest BCUT2D eigenvalue weighted by atomic mass is 35.5. The molecule has 0 bridgehead atoms. The van der Waals surface area contributed by atoms with Crippen LogP contribution in [0.2, 0.25) is 10.3 Å². The van der Waals surface area contributed by atoms with Gasteiger partial charge in [-0.2, -0.15) is 15.0 Å². The van der Waals surface area contributed by atoms with Crippen LogP contribution in [0.4, 0.5) is 22.0 Å². The van der Waals surface area contributed by atoms with E-state index >= 15 is 0 Å². The first-order valence-electron chi connectivity index (χ1n) is 5.27. The summed E-state index contributed by atoms with van der Waals surface area (Å²) in [5, 5.41) is 2.75. The van der Waals surface area contributed by atoms with Crippen LogP contribution in [-0.4, -0.2) is 29.0 Å². The zero-order chi connectivity index (χ0) is 14.0. The third-order valence-corrected chi connectivity index (χ3v) is 2.66. The van der Waals surface area contributed by atoms with E-state index in [0.717, 1.165) is 0 Å². The molecule has 1 aromatic heterocycles. The van der Waals surface area contributed by atoms with Crippen LogP contribution in [0.1, 0.15) is 0 Å². The second-order valence-corrected chi connectivity index (χ2v) is 4.59. The van der Waals surface area contributed by atoms with Gasteiger partial charge in [0.2, 0.25) is 17.2 Å². The second-order valence-electron chi connectivity index (χ2n) is 3.85. The molecule has 0 radical (unpaired) electrons. The summed E-state index contributed by atoms with van der Waals surface area (Å²) in [4.78, 5) is 13.6. The van der Waals surface area contributed by atoms with Gasteiger partial charge >= 0.3 is 0 Å². The smallest absolute Gasteiger partial charge is 0.233 e. The zero-order valence-electron chi connectivity index (χ0n) is 10.2. The highest BCUT2D eigenvalue weighted by molar-refractivity contribution is 6.31. The standard InChI is InChI=1S/C11H10Cl2FN5/c1-19(2)11-17-9(13)16-10(18-11)15-7-5-3-4-6(12)8(7)14/h3-5H,1-2H3,(H,15,16,17,18). The predicted molar refractivity (Wildman–Crippen MR) is 73.9 cm³/mol. The van der Waals surface area contributed by atoms with Gasteiger partial charge in [-0.05, 0) is 23.7 Å². The first kappa shape index (κ1) is 13.8. The molecule has 1 N–H and O–H groups in total. The van der Waals surface area contributed by atoms with Gasteiger partial charge < -0.3 is 10.2 Å². The third-order valence-electron chi connectivity index (χ3n) is 2.19. The molecule has 0 saturated carbocycles. The Hall–Kier alpha value is -1.66. The van der Waals surface area contributed by atoms with Gasteiger partial charge in [0.25, 0.3) is 0 Å². The Kier molecular flexibility index (Phi) is 4.01. The number of aromatic nitrogens is 3. The van der Waals surface area contributed by atoms with Crippen molar-refractivity contribution in [3.8, 4) is 0 Å². The van der Waals surface area contributed by atoms with Crippen molar-refractivity contribution >= 4 is 40.8 Å². The molecular formula is C11H10Cl2FN5. The molecule has 1 aromatic carbocycles. The Morgan fingerprint density at radius 1 is 1.16 bits per heavy atom. The predicted octanol–water partition coefficient (Wildman–Crippen LogP) is 3.13. The minimum absolute atomic E-state index is 0.0120. The van der Waals surface area contributed by atoms with Crippen LogP contribution in [0.15, 0.2) is 18.2 Å². The van der Waals surface area contributed by atoms with Crippen LogP contribution in [0.3, 0.4) is 0 Å².